The van der Waals surface area contributed by atoms with E-state index in [1.54, 1.807) is 25.6 Å². The number of carbonyl (C=O) groups excluding carboxylic acids is 2. The highest BCUT2D eigenvalue weighted by atomic mass is 16.5. The van der Waals surface area contributed by atoms with Gasteiger partial charge in [0.05, 0.1) is 36.7 Å². The van der Waals surface area contributed by atoms with Crippen LogP contribution in [0.3, 0.4) is 0 Å². The second kappa shape index (κ2) is 6.48. The summed E-state index contributed by atoms with van der Waals surface area (Å²) in [7, 11) is 1.58. The zero-order valence-electron chi connectivity index (χ0n) is 14.9. The number of benzene rings is 1. The first kappa shape index (κ1) is 16.6. The lowest BCUT2D eigenvalue weighted by atomic mass is 10.1. The van der Waals surface area contributed by atoms with Crippen LogP contribution in [0.2, 0.25) is 0 Å². The number of rotatable bonds is 4. The zero-order chi connectivity index (χ0) is 18.3. The smallest absolute Gasteiger partial charge is 0.358 e. The van der Waals surface area contributed by atoms with E-state index in [9.17, 15) is 9.59 Å². The van der Waals surface area contributed by atoms with Crippen molar-refractivity contribution in [3.63, 3.8) is 0 Å². The van der Waals surface area contributed by atoms with Crippen molar-refractivity contribution in [3.8, 4) is 11.4 Å². The normalized spacial score (nSPS) is 18.0. The molecule has 1 fully saturated rings. The molecule has 2 aliphatic heterocycles. The molecule has 1 saturated heterocycles. The zero-order valence-corrected chi connectivity index (χ0v) is 14.9. The van der Waals surface area contributed by atoms with Crippen LogP contribution in [0, 0.1) is 0 Å². The predicted molar refractivity (Wildman–Crippen MR) is 93.7 cm³/mol. The lowest BCUT2D eigenvalue weighted by Crippen LogP contribution is -2.30. The summed E-state index contributed by atoms with van der Waals surface area (Å²) in [6, 6.07) is 5.21. The number of carbonyl (C=O) groups is 2. The van der Waals surface area contributed by atoms with Crippen molar-refractivity contribution < 1.29 is 19.1 Å². The summed E-state index contributed by atoms with van der Waals surface area (Å²) in [5.74, 6) is 0.147. The Morgan fingerprint density at radius 3 is 3.00 bits per heavy atom. The molecule has 136 valence electrons. The number of imidazole rings is 1. The summed E-state index contributed by atoms with van der Waals surface area (Å²) in [4.78, 5) is 31.8. The van der Waals surface area contributed by atoms with Crippen LogP contribution >= 0.6 is 0 Å². The maximum absolute atomic E-state index is 13.1. The summed E-state index contributed by atoms with van der Waals surface area (Å²) in [6.45, 7) is 2.96. The lowest BCUT2D eigenvalue weighted by molar-refractivity contribution is 0.0492. The summed E-state index contributed by atoms with van der Waals surface area (Å²) in [5, 5.41) is 0. The van der Waals surface area contributed by atoms with E-state index in [0.717, 1.165) is 25.0 Å². The highest BCUT2D eigenvalue weighted by molar-refractivity contribution is 6.00. The molecule has 0 bridgehead atoms. The Bertz CT molecular complexity index is 874. The molecule has 0 aliphatic carbocycles. The number of hydrogen-bond donors (Lipinski definition) is 0. The van der Waals surface area contributed by atoms with Gasteiger partial charge in [-0.2, -0.15) is 0 Å². The Morgan fingerprint density at radius 1 is 1.38 bits per heavy atom. The first-order valence-electron chi connectivity index (χ1n) is 8.89. The fourth-order valence-corrected chi connectivity index (χ4v) is 3.76. The van der Waals surface area contributed by atoms with Crippen LogP contribution in [0.5, 0.6) is 5.75 Å². The number of ether oxygens (including phenoxy) is 2. The van der Waals surface area contributed by atoms with Gasteiger partial charge in [0.15, 0.2) is 5.69 Å². The van der Waals surface area contributed by atoms with Crippen LogP contribution in [-0.2, 0) is 4.74 Å². The molecule has 0 spiro atoms. The molecular formula is C19H21N3O4. The van der Waals surface area contributed by atoms with Gasteiger partial charge in [-0.3, -0.25) is 9.36 Å². The maximum atomic E-state index is 13.1. The average molecular weight is 355 g/mol. The van der Waals surface area contributed by atoms with E-state index >= 15 is 0 Å². The Hall–Kier alpha value is -2.83. The van der Waals surface area contributed by atoms with Crippen LogP contribution in [0.1, 0.15) is 58.8 Å². The molecule has 1 aromatic heterocycles. The van der Waals surface area contributed by atoms with Crippen molar-refractivity contribution >= 4 is 11.9 Å². The van der Waals surface area contributed by atoms with Gasteiger partial charge in [-0.1, -0.05) is 6.92 Å². The number of nitrogens with zero attached hydrogens (tertiary/aromatic N) is 3. The van der Waals surface area contributed by atoms with Gasteiger partial charge in [0.1, 0.15) is 12.1 Å². The minimum absolute atomic E-state index is 0.0435. The van der Waals surface area contributed by atoms with Crippen molar-refractivity contribution in [1.82, 2.24) is 14.5 Å². The largest absolute Gasteiger partial charge is 0.497 e. The third kappa shape index (κ3) is 2.46. The molecule has 0 saturated carbocycles. The number of aromatic nitrogens is 2. The molecule has 1 amide bonds. The van der Waals surface area contributed by atoms with Gasteiger partial charge in [0.2, 0.25) is 0 Å². The van der Waals surface area contributed by atoms with E-state index in [0.29, 0.717) is 35.8 Å². The number of methoxy groups -OCH3 is 1. The van der Waals surface area contributed by atoms with Crippen molar-refractivity contribution in [1.29, 1.82) is 0 Å². The van der Waals surface area contributed by atoms with Gasteiger partial charge in [-0.05, 0) is 37.5 Å². The van der Waals surface area contributed by atoms with Crippen molar-refractivity contribution in [2.75, 3.05) is 20.3 Å². The first-order chi connectivity index (χ1) is 12.7. The quantitative estimate of drug-likeness (QED) is 0.789. The van der Waals surface area contributed by atoms with Gasteiger partial charge in [0, 0.05) is 6.54 Å². The summed E-state index contributed by atoms with van der Waals surface area (Å²) < 4.78 is 12.4. The van der Waals surface area contributed by atoms with E-state index < -0.39 is 5.97 Å². The third-order valence-corrected chi connectivity index (χ3v) is 4.96. The molecule has 0 unspecified atom stereocenters. The van der Waals surface area contributed by atoms with E-state index in [-0.39, 0.29) is 11.9 Å². The summed E-state index contributed by atoms with van der Waals surface area (Å²) in [5.41, 5.74) is 2.30. The van der Waals surface area contributed by atoms with Gasteiger partial charge < -0.3 is 14.4 Å². The SMILES string of the molecule is CCCOC(=O)c1ncn2c1[C@@H]1CCCN1C(=O)c1cc(OC)ccc1-2. The minimum atomic E-state index is -0.433. The van der Waals surface area contributed by atoms with E-state index in [1.807, 2.05) is 22.5 Å². The Morgan fingerprint density at radius 2 is 2.23 bits per heavy atom. The third-order valence-electron chi connectivity index (χ3n) is 4.96. The van der Waals surface area contributed by atoms with Crippen molar-refractivity contribution in [3.05, 3.63) is 41.5 Å². The highest BCUT2D eigenvalue weighted by Crippen LogP contribution is 2.40. The molecule has 4 rings (SSSR count). The molecular weight excluding hydrogens is 334 g/mol. The lowest BCUT2D eigenvalue weighted by Gasteiger charge is -2.22. The molecule has 2 aliphatic rings. The Kier molecular flexibility index (Phi) is 4.14. The van der Waals surface area contributed by atoms with Crippen molar-refractivity contribution in [2.24, 2.45) is 0 Å². The van der Waals surface area contributed by atoms with E-state index in [1.165, 1.54) is 0 Å². The van der Waals surface area contributed by atoms with Gasteiger partial charge in [0.25, 0.3) is 5.91 Å². The topological polar surface area (TPSA) is 73.7 Å². The molecule has 7 heteroatoms. The second-order valence-corrected chi connectivity index (χ2v) is 6.52. The number of amides is 1. The van der Waals surface area contributed by atoms with Gasteiger partial charge in [-0.15, -0.1) is 0 Å². The summed E-state index contributed by atoms with van der Waals surface area (Å²) in [6.07, 6.45) is 4.05. The molecule has 7 nitrogen and oxygen atoms in total. The number of fused-ring (bicyclic) bond motifs is 5. The van der Waals surface area contributed by atoms with Gasteiger partial charge >= 0.3 is 5.97 Å². The van der Waals surface area contributed by atoms with Crippen LogP contribution < -0.4 is 4.74 Å². The monoisotopic (exact) mass is 355 g/mol. The minimum Gasteiger partial charge on any atom is -0.497 e. The second-order valence-electron chi connectivity index (χ2n) is 6.52. The highest BCUT2D eigenvalue weighted by Gasteiger charge is 2.40. The molecule has 2 aromatic rings. The molecule has 3 heterocycles. The predicted octanol–water partition coefficient (Wildman–Crippen LogP) is 2.74. The summed E-state index contributed by atoms with van der Waals surface area (Å²) >= 11 is 0. The van der Waals surface area contributed by atoms with Crippen LogP contribution in [0.15, 0.2) is 24.5 Å². The van der Waals surface area contributed by atoms with Crippen molar-refractivity contribution in [2.45, 2.75) is 32.2 Å². The fraction of sp³-hybridized carbons (Fsp3) is 0.421. The van der Waals surface area contributed by atoms with Crippen LogP contribution in [0.25, 0.3) is 5.69 Å². The fourth-order valence-electron chi connectivity index (χ4n) is 3.76. The van der Waals surface area contributed by atoms with E-state index in [4.69, 9.17) is 9.47 Å². The Labute approximate surface area is 151 Å². The number of hydrogen-bond acceptors (Lipinski definition) is 5. The maximum Gasteiger partial charge on any atom is 0.358 e. The molecule has 1 aromatic carbocycles. The molecule has 0 radical (unpaired) electrons. The van der Waals surface area contributed by atoms with E-state index in [2.05, 4.69) is 4.98 Å². The van der Waals surface area contributed by atoms with Crippen LogP contribution in [0.4, 0.5) is 0 Å². The Balaban J connectivity index is 1.89. The number of esters is 1. The average Bonchev–Trinajstić information content (AvgIpc) is 3.29. The standard InChI is InChI=1S/C19H21N3O4/c1-3-9-26-19(24)16-17-15-5-4-8-21(15)18(23)13-10-12(25-2)6-7-14(13)22(17)11-20-16/h6-7,10-11,15H,3-5,8-9H2,1-2H3/t15-/m0/s1. The van der Waals surface area contributed by atoms with Gasteiger partial charge in [-0.25, -0.2) is 9.78 Å². The first-order valence-corrected chi connectivity index (χ1v) is 8.89. The molecule has 1 atom stereocenters. The molecule has 26 heavy (non-hydrogen) atoms. The van der Waals surface area contributed by atoms with Crippen LogP contribution in [-0.4, -0.2) is 46.6 Å². The molecule has 0 N–H and O–H groups in total.